The second kappa shape index (κ2) is 11.1. The van der Waals surface area contributed by atoms with Crippen molar-refractivity contribution in [3.8, 4) is 0 Å². The monoisotopic (exact) mass is 580 g/mol. The fraction of sp³-hybridized carbons (Fsp3) is 0.250. The topological polar surface area (TPSA) is 40.6 Å². The van der Waals surface area contributed by atoms with E-state index in [1.807, 2.05) is 60.7 Å². The van der Waals surface area contributed by atoms with Crippen LogP contribution in [-0.2, 0) is 33.5 Å². The standard InChI is InChI=1S/C40H40N2O2/c1-39(2,3)31-21-17-29(18-22-31)35-33-34(38(44)41(35)25-27-13-9-7-10-14-27)36(30-19-23-32(24-20-30)40(4,5)6)42(37(33)43)26-28-15-11-8-12-16-28/h7-24H,25-26H2,1-6H3. The van der Waals surface area contributed by atoms with Gasteiger partial charge in [0.15, 0.2) is 0 Å². The third-order valence-electron chi connectivity index (χ3n) is 8.60. The van der Waals surface area contributed by atoms with Crippen LogP contribution >= 0.6 is 0 Å². The minimum absolute atomic E-state index is 0.0152. The molecule has 4 aromatic rings. The average molecular weight is 581 g/mol. The Bertz CT molecular complexity index is 1630. The van der Waals surface area contributed by atoms with E-state index in [0.717, 1.165) is 22.3 Å². The molecule has 0 aliphatic carbocycles. The fourth-order valence-electron chi connectivity index (χ4n) is 6.09. The predicted octanol–water partition coefficient (Wildman–Crippen LogP) is 8.49. The molecule has 0 spiro atoms. The van der Waals surface area contributed by atoms with Crippen LogP contribution in [0, 0.1) is 0 Å². The first-order chi connectivity index (χ1) is 20.9. The first kappa shape index (κ1) is 29.4. The normalized spacial score (nSPS) is 15.5. The summed E-state index contributed by atoms with van der Waals surface area (Å²) in [5.74, 6) is -0.282. The van der Waals surface area contributed by atoms with Gasteiger partial charge in [-0.1, -0.05) is 151 Å². The molecule has 4 aromatic carbocycles. The minimum Gasteiger partial charge on any atom is -0.302 e. The molecule has 2 heterocycles. The van der Waals surface area contributed by atoms with Gasteiger partial charge >= 0.3 is 0 Å². The molecule has 0 aromatic heterocycles. The van der Waals surface area contributed by atoms with Crippen LogP contribution in [0.5, 0.6) is 0 Å². The molecule has 0 N–H and O–H groups in total. The maximum absolute atomic E-state index is 14.6. The molecular weight excluding hydrogens is 540 g/mol. The van der Waals surface area contributed by atoms with Gasteiger partial charge in [-0.05, 0) is 44.2 Å². The molecule has 6 rings (SSSR count). The maximum atomic E-state index is 14.6. The SMILES string of the molecule is CC(C)(C)c1ccc(C2=C3C(=O)N(Cc4ccccc4)C(c4ccc(C(C)(C)C)cc4)=C3C(=O)N2Cc2ccccc2)cc1. The van der Waals surface area contributed by atoms with Gasteiger partial charge in [-0.15, -0.1) is 0 Å². The highest BCUT2D eigenvalue weighted by Gasteiger charge is 2.48. The van der Waals surface area contributed by atoms with Crippen LogP contribution in [0.4, 0.5) is 0 Å². The first-order valence-electron chi connectivity index (χ1n) is 15.4. The van der Waals surface area contributed by atoms with Crippen LogP contribution in [0.1, 0.15) is 74.9 Å². The van der Waals surface area contributed by atoms with Crippen molar-refractivity contribution in [1.82, 2.24) is 9.80 Å². The fourth-order valence-corrected chi connectivity index (χ4v) is 6.09. The summed E-state index contributed by atoms with van der Waals surface area (Å²) in [4.78, 5) is 32.8. The van der Waals surface area contributed by atoms with E-state index in [1.165, 1.54) is 11.1 Å². The Morgan fingerprint density at radius 1 is 0.455 bits per heavy atom. The van der Waals surface area contributed by atoms with Crippen molar-refractivity contribution in [2.45, 2.75) is 65.5 Å². The summed E-state index contributed by atoms with van der Waals surface area (Å²) in [6, 6.07) is 36.7. The molecule has 44 heavy (non-hydrogen) atoms. The quantitative estimate of drug-likeness (QED) is 0.229. The van der Waals surface area contributed by atoms with Crippen LogP contribution in [0.15, 0.2) is 120 Å². The molecule has 2 aliphatic heterocycles. The van der Waals surface area contributed by atoms with Crippen molar-refractivity contribution in [3.05, 3.63) is 154 Å². The highest BCUT2D eigenvalue weighted by Crippen LogP contribution is 2.48. The highest BCUT2D eigenvalue weighted by molar-refractivity contribution is 6.30. The van der Waals surface area contributed by atoms with E-state index < -0.39 is 0 Å². The summed E-state index contributed by atoms with van der Waals surface area (Å²) in [6.07, 6.45) is 0. The Hall–Kier alpha value is -4.70. The van der Waals surface area contributed by atoms with Crippen molar-refractivity contribution in [3.63, 3.8) is 0 Å². The number of carbonyl (C=O) groups excluding carboxylic acids is 2. The molecule has 2 aliphatic rings. The maximum Gasteiger partial charge on any atom is 0.261 e. The van der Waals surface area contributed by atoms with Gasteiger partial charge in [0.25, 0.3) is 11.8 Å². The number of amides is 2. The zero-order valence-electron chi connectivity index (χ0n) is 26.5. The molecule has 0 fully saturated rings. The van der Waals surface area contributed by atoms with E-state index in [0.29, 0.717) is 35.6 Å². The third-order valence-corrected chi connectivity index (χ3v) is 8.60. The van der Waals surface area contributed by atoms with E-state index in [2.05, 4.69) is 90.1 Å². The van der Waals surface area contributed by atoms with Gasteiger partial charge < -0.3 is 9.80 Å². The summed E-state index contributed by atoms with van der Waals surface area (Å²) in [5, 5.41) is 0. The van der Waals surface area contributed by atoms with Gasteiger partial charge in [-0.3, -0.25) is 9.59 Å². The zero-order valence-corrected chi connectivity index (χ0v) is 26.5. The molecule has 2 amide bonds. The number of rotatable bonds is 6. The van der Waals surface area contributed by atoms with Crippen molar-refractivity contribution >= 4 is 23.2 Å². The smallest absolute Gasteiger partial charge is 0.261 e. The summed E-state index contributed by atoms with van der Waals surface area (Å²) < 4.78 is 0. The van der Waals surface area contributed by atoms with Crippen molar-refractivity contribution < 1.29 is 9.59 Å². The molecule has 4 heteroatoms. The Labute approximate surface area is 261 Å². The molecule has 0 atom stereocenters. The number of benzene rings is 4. The molecule has 0 unspecified atom stereocenters. The lowest BCUT2D eigenvalue weighted by Gasteiger charge is -2.26. The molecule has 0 radical (unpaired) electrons. The second-order valence-corrected chi connectivity index (χ2v) is 13.9. The van der Waals surface area contributed by atoms with Gasteiger partial charge in [0.2, 0.25) is 0 Å². The van der Waals surface area contributed by atoms with Gasteiger partial charge in [0, 0.05) is 0 Å². The highest BCUT2D eigenvalue weighted by atomic mass is 16.2. The second-order valence-electron chi connectivity index (χ2n) is 13.9. The van der Waals surface area contributed by atoms with Gasteiger partial charge in [0.05, 0.1) is 35.6 Å². The van der Waals surface area contributed by atoms with Crippen LogP contribution in [-0.4, -0.2) is 21.6 Å². The summed E-state index contributed by atoms with van der Waals surface area (Å²) in [5.41, 5.74) is 8.45. The molecular formula is C40H40N2O2. The number of hydrogen-bond donors (Lipinski definition) is 0. The lowest BCUT2D eigenvalue weighted by molar-refractivity contribution is -0.124. The predicted molar refractivity (Wildman–Crippen MR) is 178 cm³/mol. The molecule has 0 saturated carbocycles. The summed E-state index contributed by atoms with van der Waals surface area (Å²) >= 11 is 0. The van der Waals surface area contributed by atoms with E-state index >= 15 is 0 Å². The zero-order chi connectivity index (χ0) is 31.2. The Balaban J connectivity index is 1.56. The summed E-state index contributed by atoms with van der Waals surface area (Å²) in [7, 11) is 0. The van der Waals surface area contributed by atoms with Crippen molar-refractivity contribution in [1.29, 1.82) is 0 Å². The van der Waals surface area contributed by atoms with Gasteiger partial charge in [-0.2, -0.15) is 0 Å². The lowest BCUT2D eigenvalue weighted by Crippen LogP contribution is -2.29. The van der Waals surface area contributed by atoms with Crippen molar-refractivity contribution in [2.75, 3.05) is 0 Å². The van der Waals surface area contributed by atoms with Crippen LogP contribution in [0.2, 0.25) is 0 Å². The largest absolute Gasteiger partial charge is 0.302 e. The van der Waals surface area contributed by atoms with E-state index in [-0.39, 0.29) is 22.6 Å². The molecule has 0 bridgehead atoms. The van der Waals surface area contributed by atoms with Crippen molar-refractivity contribution in [2.24, 2.45) is 0 Å². The molecule has 4 nitrogen and oxygen atoms in total. The van der Waals surface area contributed by atoms with Gasteiger partial charge in [0.1, 0.15) is 0 Å². The van der Waals surface area contributed by atoms with Crippen LogP contribution in [0.3, 0.4) is 0 Å². The molecule has 222 valence electrons. The number of nitrogens with zero attached hydrogens (tertiary/aromatic N) is 2. The van der Waals surface area contributed by atoms with Gasteiger partial charge in [-0.25, -0.2) is 0 Å². The van der Waals surface area contributed by atoms with E-state index in [9.17, 15) is 9.59 Å². The number of carbonyl (C=O) groups is 2. The van der Waals surface area contributed by atoms with Crippen LogP contribution < -0.4 is 0 Å². The van der Waals surface area contributed by atoms with E-state index in [4.69, 9.17) is 0 Å². The van der Waals surface area contributed by atoms with Crippen LogP contribution in [0.25, 0.3) is 11.4 Å². The summed E-state index contributed by atoms with van der Waals surface area (Å²) in [6.45, 7) is 13.9. The minimum atomic E-state index is -0.141. The molecule has 0 saturated heterocycles. The number of fused-ring (bicyclic) bond motifs is 1. The lowest BCUT2D eigenvalue weighted by atomic mass is 9.86. The average Bonchev–Trinajstić information content (AvgIpc) is 3.44. The number of hydrogen-bond acceptors (Lipinski definition) is 2. The Morgan fingerprint density at radius 2 is 0.773 bits per heavy atom. The third kappa shape index (κ3) is 5.41. The Morgan fingerprint density at radius 3 is 1.07 bits per heavy atom. The first-order valence-corrected chi connectivity index (χ1v) is 15.4. The Kier molecular flexibility index (Phi) is 7.41. The van der Waals surface area contributed by atoms with E-state index in [1.54, 1.807) is 9.80 Å².